The maximum Gasteiger partial charge on any atom is 0.237 e. The second-order valence-corrected chi connectivity index (χ2v) is 7.49. The van der Waals surface area contributed by atoms with E-state index in [0.29, 0.717) is 28.4 Å². The summed E-state index contributed by atoms with van der Waals surface area (Å²) in [7, 11) is 0. The van der Waals surface area contributed by atoms with Crippen LogP contribution < -0.4 is 10.6 Å². The molecule has 0 spiro atoms. The lowest BCUT2D eigenvalue weighted by Crippen LogP contribution is -2.15. The van der Waals surface area contributed by atoms with Gasteiger partial charge in [0.15, 0.2) is 5.82 Å². The van der Waals surface area contributed by atoms with Gasteiger partial charge in [0.1, 0.15) is 12.4 Å². The highest BCUT2D eigenvalue weighted by Gasteiger charge is 2.14. The maximum absolute atomic E-state index is 6.11. The van der Waals surface area contributed by atoms with Crippen LogP contribution in [0.2, 0.25) is 0 Å². The lowest BCUT2D eigenvalue weighted by atomic mass is 10.1. The Morgan fingerprint density at radius 3 is 2.59 bits per heavy atom. The molecule has 0 fully saturated rings. The number of benzene rings is 2. The Hall–Kier alpha value is -3.33. The van der Waals surface area contributed by atoms with Crippen LogP contribution in [0, 0.1) is 13.8 Å². The Kier molecular flexibility index (Phi) is 5.48. The molecule has 2 heterocycles. The molecule has 0 bridgehead atoms. The van der Waals surface area contributed by atoms with E-state index in [0.717, 1.165) is 22.4 Å². The zero-order valence-electron chi connectivity index (χ0n) is 16.1. The Bertz CT molecular complexity index is 1090. The van der Waals surface area contributed by atoms with Crippen LogP contribution in [0.25, 0.3) is 11.4 Å². The predicted octanol–water partition coefficient (Wildman–Crippen LogP) is 3.53. The van der Waals surface area contributed by atoms with Gasteiger partial charge in [-0.1, -0.05) is 53.3 Å². The van der Waals surface area contributed by atoms with Crippen LogP contribution >= 0.6 is 11.8 Å². The highest BCUT2D eigenvalue weighted by Crippen LogP contribution is 2.23. The summed E-state index contributed by atoms with van der Waals surface area (Å²) in [4.78, 5) is 4.40. The number of nitrogens with two attached hydrogens (primary N) is 1. The molecule has 148 valence electrons. The molecular formula is C20H20N6O2S. The van der Waals surface area contributed by atoms with Gasteiger partial charge in [0.05, 0.1) is 5.75 Å². The highest BCUT2D eigenvalue weighted by atomic mass is 32.2. The third-order valence-corrected chi connectivity index (χ3v) is 5.05. The first-order valence-corrected chi connectivity index (χ1v) is 9.98. The molecule has 8 nitrogen and oxygen atoms in total. The fourth-order valence-corrected chi connectivity index (χ4v) is 3.53. The summed E-state index contributed by atoms with van der Waals surface area (Å²) in [6.45, 7) is 4.28. The van der Waals surface area contributed by atoms with E-state index in [1.54, 1.807) is 0 Å². The van der Waals surface area contributed by atoms with Crippen LogP contribution in [0.3, 0.4) is 0 Å². The zero-order valence-corrected chi connectivity index (χ0v) is 16.9. The summed E-state index contributed by atoms with van der Waals surface area (Å²) in [5.74, 6) is 8.90. The van der Waals surface area contributed by atoms with Gasteiger partial charge in [0, 0.05) is 5.56 Å². The van der Waals surface area contributed by atoms with Crippen molar-refractivity contribution >= 4 is 11.8 Å². The molecule has 2 aromatic carbocycles. The summed E-state index contributed by atoms with van der Waals surface area (Å²) in [6, 6.07) is 15.7. The van der Waals surface area contributed by atoms with Gasteiger partial charge in [-0.05, 0) is 37.1 Å². The zero-order chi connectivity index (χ0) is 20.2. The van der Waals surface area contributed by atoms with Crippen LogP contribution in [-0.2, 0) is 12.4 Å². The Morgan fingerprint density at radius 2 is 1.83 bits per heavy atom. The van der Waals surface area contributed by atoms with Gasteiger partial charge in [-0.2, -0.15) is 4.98 Å². The van der Waals surface area contributed by atoms with Gasteiger partial charge in [-0.25, -0.2) is 4.68 Å². The van der Waals surface area contributed by atoms with Crippen molar-refractivity contribution in [2.24, 2.45) is 0 Å². The fourth-order valence-electron chi connectivity index (χ4n) is 2.81. The predicted molar refractivity (Wildman–Crippen MR) is 110 cm³/mol. The van der Waals surface area contributed by atoms with Crippen LogP contribution in [0.1, 0.15) is 22.8 Å². The van der Waals surface area contributed by atoms with Crippen LogP contribution in [0.15, 0.2) is 58.2 Å². The summed E-state index contributed by atoms with van der Waals surface area (Å²) < 4.78 is 12.5. The Morgan fingerprint density at radius 1 is 1.07 bits per heavy atom. The number of hydrogen-bond acceptors (Lipinski definition) is 8. The molecule has 0 aliphatic carbocycles. The molecule has 0 saturated heterocycles. The minimum absolute atomic E-state index is 0.228. The molecule has 2 N–H and O–H groups in total. The Balaban J connectivity index is 1.37. The van der Waals surface area contributed by atoms with Crippen molar-refractivity contribution in [1.82, 2.24) is 25.0 Å². The summed E-state index contributed by atoms with van der Waals surface area (Å²) >= 11 is 1.37. The van der Waals surface area contributed by atoms with Crippen molar-refractivity contribution in [3.8, 4) is 17.1 Å². The van der Waals surface area contributed by atoms with E-state index in [-0.39, 0.29) is 6.61 Å². The molecule has 2 aromatic heterocycles. The second-order valence-electron chi connectivity index (χ2n) is 6.55. The summed E-state index contributed by atoms with van der Waals surface area (Å²) in [5, 5.41) is 12.8. The van der Waals surface area contributed by atoms with E-state index in [4.69, 9.17) is 15.1 Å². The number of nitrogens with zero attached hydrogens (tertiary/aromatic N) is 5. The first-order chi connectivity index (χ1) is 14.1. The van der Waals surface area contributed by atoms with Crippen LogP contribution in [-0.4, -0.2) is 25.0 Å². The molecule has 4 aromatic rings. The van der Waals surface area contributed by atoms with Crippen molar-refractivity contribution in [3.05, 3.63) is 71.4 Å². The van der Waals surface area contributed by atoms with Gasteiger partial charge >= 0.3 is 0 Å². The van der Waals surface area contributed by atoms with Gasteiger partial charge in [0.25, 0.3) is 0 Å². The number of thioether (sulfide) groups is 1. The lowest BCUT2D eigenvalue weighted by Gasteiger charge is -2.08. The number of nitrogen functional groups attached to an aromatic ring is 1. The normalized spacial score (nSPS) is 11.0. The average Bonchev–Trinajstić information content (AvgIpc) is 3.32. The molecule has 9 heteroatoms. The molecule has 0 aliphatic heterocycles. The molecule has 0 amide bonds. The number of ether oxygens (including phenoxy) is 1. The summed E-state index contributed by atoms with van der Waals surface area (Å²) in [5.41, 5.74) is 3.18. The molecule has 0 saturated carbocycles. The van der Waals surface area contributed by atoms with E-state index in [1.807, 2.05) is 56.3 Å². The molecule has 0 atom stereocenters. The smallest absolute Gasteiger partial charge is 0.237 e. The molecule has 29 heavy (non-hydrogen) atoms. The monoisotopic (exact) mass is 408 g/mol. The molecule has 4 rings (SSSR count). The lowest BCUT2D eigenvalue weighted by molar-refractivity contribution is 0.291. The number of aryl methyl sites for hydroxylation is 2. The van der Waals surface area contributed by atoms with Crippen molar-refractivity contribution in [3.63, 3.8) is 0 Å². The van der Waals surface area contributed by atoms with Crippen molar-refractivity contribution < 1.29 is 9.26 Å². The average molecular weight is 408 g/mol. The van der Waals surface area contributed by atoms with Crippen molar-refractivity contribution in [2.45, 2.75) is 31.4 Å². The SMILES string of the molecule is Cc1cc(C)cc(OCc2nnc(SCc3nc(-c4ccccc4)no3)n2N)c1. The van der Waals surface area contributed by atoms with Crippen molar-refractivity contribution in [2.75, 3.05) is 5.84 Å². The fraction of sp³-hybridized carbons (Fsp3) is 0.200. The molecule has 0 aliphatic rings. The minimum atomic E-state index is 0.228. The van der Waals surface area contributed by atoms with Gasteiger partial charge in [-0.3, -0.25) is 0 Å². The molecule has 0 radical (unpaired) electrons. The first kappa shape index (κ1) is 19.0. The number of aromatic nitrogens is 5. The van der Waals surface area contributed by atoms with Crippen molar-refractivity contribution in [1.29, 1.82) is 0 Å². The number of hydrogen-bond donors (Lipinski definition) is 1. The largest absolute Gasteiger partial charge is 0.486 e. The van der Waals surface area contributed by atoms with Crippen LogP contribution in [0.4, 0.5) is 0 Å². The number of rotatable bonds is 7. The Labute approximate surface area is 172 Å². The quantitative estimate of drug-likeness (QED) is 0.366. The molecular weight excluding hydrogens is 388 g/mol. The van der Waals surface area contributed by atoms with E-state index in [1.165, 1.54) is 16.4 Å². The standard InChI is InChI=1S/C20H20N6O2S/c1-13-8-14(2)10-16(9-13)27-11-17-23-24-20(26(17)21)29-12-18-22-19(25-28-18)15-6-4-3-5-7-15/h3-10H,11-12,21H2,1-2H3. The first-order valence-electron chi connectivity index (χ1n) is 9.00. The van der Waals surface area contributed by atoms with Gasteiger partial charge in [-0.15, -0.1) is 10.2 Å². The highest BCUT2D eigenvalue weighted by molar-refractivity contribution is 7.98. The molecule has 0 unspecified atom stereocenters. The van der Waals surface area contributed by atoms with Gasteiger partial charge < -0.3 is 15.1 Å². The second kappa shape index (κ2) is 8.36. The van der Waals surface area contributed by atoms with Gasteiger partial charge in [0.2, 0.25) is 16.9 Å². The van der Waals surface area contributed by atoms with Crippen LogP contribution in [0.5, 0.6) is 5.75 Å². The minimum Gasteiger partial charge on any atom is -0.486 e. The van der Waals surface area contributed by atoms with E-state index in [2.05, 4.69) is 26.4 Å². The van der Waals surface area contributed by atoms with E-state index >= 15 is 0 Å². The third-order valence-electron chi connectivity index (χ3n) is 4.12. The van der Waals surface area contributed by atoms with E-state index < -0.39 is 0 Å². The maximum atomic E-state index is 6.11. The summed E-state index contributed by atoms with van der Waals surface area (Å²) in [6.07, 6.45) is 0. The third kappa shape index (κ3) is 4.57. The topological polar surface area (TPSA) is 105 Å². The van der Waals surface area contributed by atoms with E-state index in [9.17, 15) is 0 Å².